The van der Waals surface area contributed by atoms with Crippen LogP contribution in [-0.2, 0) is 6.42 Å². The van der Waals surface area contributed by atoms with Gasteiger partial charge in [-0.05, 0) is 24.3 Å². The topological polar surface area (TPSA) is 95.7 Å². The number of amides is 1. The second-order valence-electron chi connectivity index (χ2n) is 5.74. The van der Waals surface area contributed by atoms with Crippen LogP contribution in [0.4, 0.5) is 0 Å². The summed E-state index contributed by atoms with van der Waals surface area (Å²) in [5.74, 6) is 1.99. The number of hydrogen-bond acceptors (Lipinski definition) is 7. The van der Waals surface area contributed by atoms with Crippen LogP contribution < -0.4 is 19.5 Å². The number of para-hydroxylation sites is 1. The fraction of sp³-hybridized carbons (Fsp3) is 0.250. The first-order valence-electron chi connectivity index (χ1n) is 8.63. The number of benzene rings is 2. The summed E-state index contributed by atoms with van der Waals surface area (Å²) >= 11 is 0. The highest BCUT2D eigenvalue weighted by Crippen LogP contribution is 2.29. The smallest absolute Gasteiger partial charge is 0.258 e. The molecule has 0 aliphatic carbocycles. The number of methoxy groups -OCH3 is 3. The van der Waals surface area contributed by atoms with Gasteiger partial charge >= 0.3 is 0 Å². The third-order valence-corrected chi connectivity index (χ3v) is 4.08. The zero-order chi connectivity index (χ0) is 19.9. The first kappa shape index (κ1) is 19.2. The molecule has 0 aliphatic rings. The zero-order valence-electron chi connectivity index (χ0n) is 15.9. The molecule has 1 aromatic heterocycles. The van der Waals surface area contributed by atoms with Gasteiger partial charge in [-0.2, -0.15) is 0 Å². The van der Waals surface area contributed by atoms with E-state index >= 15 is 0 Å². The van der Waals surface area contributed by atoms with Crippen molar-refractivity contribution >= 4 is 5.91 Å². The molecule has 1 amide bonds. The number of carbonyl (C=O) groups excluding carboxylic acids is 1. The highest BCUT2D eigenvalue weighted by molar-refractivity contribution is 5.99. The van der Waals surface area contributed by atoms with Crippen molar-refractivity contribution in [2.24, 2.45) is 0 Å². The number of rotatable bonds is 8. The van der Waals surface area contributed by atoms with Crippen LogP contribution in [0.25, 0.3) is 11.5 Å². The van der Waals surface area contributed by atoms with Gasteiger partial charge in [0.15, 0.2) is 0 Å². The van der Waals surface area contributed by atoms with Gasteiger partial charge in [-0.15, -0.1) is 10.2 Å². The van der Waals surface area contributed by atoms with Crippen LogP contribution in [0.15, 0.2) is 46.9 Å². The largest absolute Gasteiger partial charge is 0.496 e. The Bertz CT molecular complexity index is 932. The third-order valence-electron chi connectivity index (χ3n) is 4.08. The standard InChI is InChI=1S/C20H21N3O5/c1-25-14-8-5-4-7-13(14)20-23-22-17(28-20)11-12-21-19(24)18-15(26-2)9-6-10-16(18)27-3/h4-10H,11-12H2,1-3H3,(H,21,24). The van der Waals surface area contributed by atoms with Crippen molar-refractivity contribution in [2.45, 2.75) is 6.42 Å². The van der Waals surface area contributed by atoms with Crippen molar-refractivity contribution in [2.75, 3.05) is 27.9 Å². The second kappa shape index (κ2) is 8.90. The fourth-order valence-corrected chi connectivity index (χ4v) is 2.73. The molecule has 8 heteroatoms. The minimum absolute atomic E-state index is 0.307. The molecule has 0 spiro atoms. The number of nitrogens with zero attached hydrogens (tertiary/aromatic N) is 2. The molecule has 0 saturated carbocycles. The average Bonchev–Trinajstić information content (AvgIpc) is 3.21. The van der Waals surface area contributed by atoms with Gasteiger partial charge in [0, 0.05) is 13.0 Å². The molecule has 0 bridgehead atoms. The molecule has 1 N–H and O–H groups in total. The molecule has 8 nitrogen and oxygen atoms in total. The Hall–Kier alpha value is -3.55. The maximum atomic E-state index is 12.6. The van der Waals surface area contributed by atoms with E-state index in [1.807, 2.05) is 24.3 Å². The van der Waals surface area contributed by atoms with Crippen LogP contribution in [0.2, 0.25) is 0 Å². The van der Waals surface area contributed by atoms with E-state index in [1.54, 1.807) is 25.3 Å². The third kappa shape index (κ3) is 4.06. The lowest BCUT2D eigenvalue weighted by molar-refractivity contribution is 0.0947. The van der Waals surface area contributed by atoms with Crippen LogP contribution in [-0.4, -0.2) is 44.0 Å². The Morgan fingerprint density at radius 2 is 1.57 bits per heavy atom. The molecule has 1 heterocycles. The predicted octanol–water partition coefficient (Wildman–Crippen LogP) is 2.73. The second-order valence-corrected chi connectivity index (χ2v) is 5.74. The first-order chi connectivity index (χ1) is 13.7. The number of hydrogen-bond donors (Lipinski definition) is 1. The van der Waals surface area contributed by atoms with E-state index in [-0.39, 0.29) is 5.91 Å². The summed E-state index contributed by atoms with van der Waals surface area (Å²) in [6, 6.07) is 12.5. The summed E-state index contributed by atoms with van der Waals surface area (Å²) in [5.41, 5.74) is 1.05. The van der Waals surface area contributed by atoms with Crippen LogP contribution in [0, 0.1) is 0 Å². The van der Waals surface area contributed by atoms with Gasteiger partial charge in [-0.25, -0.2) is 0 Å². The monoisotopic (exact) mass is 383 g/mol. The molecular weight excluding hydrogens is 362 g/mol. The van der Waals surface area contributed by atoms with Crippen LogP contribution >= 0.6 is 0 Å². The van der Waals surface area contributed by atoms with Crippen LogP contribution in [0.1, 0.15) is 16.2 Å². The molecule has 146 valence electrons. The Morgan fingerprint density at radius 1 is 0.929 bits per heavy atom. The highest BCUT2D eigenvalue weighted by atomic mass is 16.5. The molecule has 28 heavy (non-hydrogen) atoms. The van der Waals surface area contributed by atoms with Crippen molar-refractivity contribution in [3.8, 4) is 28.7 Å². The molecule has 0 aliphatic heterocycles. The maximum Gasteiger partial charge on any atom is 0.258 e. The molecule has 0 fully saturated rings. The van der Waals surface area contributed by atoms with E-state index in [0.29, 0.717) is 53.1 Å². The molecule has 0 atom stereocenters. The van der Waals surface area contributed by atoms with Crippen molar-refractivity contribution in [3.63, 3.8) is 0 Å². The molecule has 3 aromatic rings. The van der Waals surface area contributed by atoms with Gasteiger partial charge in [0.1, 0.15) is 22.8 Å². The molecule has 0 radical (unpaired) electrons. The van der Waals surface area contributed by atoms with E-state index in [0.717, 1.165) is 0 Å². The van der Waals surface area contributed by atoms with E-state index in [2.05, 4.69) is 15.5 Å². The van der Waals surface area contributed by atoms with Gasteiger partial charge in [-0.1, -0.05) is 18.2 Å². The summed E-state index contributed by atoms with van der Waals surface area (Å²) < 4.78 is 21.5. The van der Waals surface area contributed by atoms with Gasteiger partial charge in [-0.3, -0.25) is 4.79 Å². The van der Waals surface area contributed by atoms with Gasteiger partial charge < -0.3 is 23.9 Å². The Labute approximate surface area is 162 Å². The lowest BCUT2D eigenvalue weighted by atomic mass is 10.1. The van der Waals surface area contributed by atoms with Crippen LogP contribution in [0.3, 0.4) is 0 Å². The first-order valence-corrected chi connectivity index (χ1v) is 8.63. The maximum absolute atomic E-state index is 12.6. The number of ether oxygens (including phenoxy) is 3. The fourth-order valence-electron chi connectivity index (χ4n) is 2.73. The van der Waals surface area contributed by atoms with Gasteiger partial charge in [0.25, 0.3) is 11.8 Å². The summed E-state index contributed by atoms with van der Waals surface area (Å²) in [7, 11) is 4.59. The van der Waals surface area contributed by atoms with Crippen LogP contribution in [0.5, 0.6) is 17.2 Å². The summed E-state index contributed by atoms with van der Waals surface area (Å²) in [6.07, 6.45) is 0.380. The molecule has 0 unspecified atom stereocenters. The van der Waals surface area contributed by atoms with E-state index < -0.39 is 0 Å². The summed E-state index contributed by atoms with van der Waals surface area (Å²) in [6.45, 7) is 0.313. The predicted molar refractivity (Wildman–Crippen MR) is 102 cm³/mol. The summed E-state index contributed by atoms with van der Waals surface area (Å²) in [4.78, 5) is 12.6. The zero-order valence-corrected chi connectivity index (χ0v) is 15.9. The number of nitrogens with one attached hydrogen (secondary N) is 1. The van der Waals surface area contributed by atoms with E-state index in [4.69, 9.17) is 18.6 Å². The molecule has 3 rings (SSSR count). The average molecular weight is 383 g/mol. The van der Waals surface area contributed by atoms with E-state index in [9.17, 15) is 4.79 Å². The normalized spacial score (nSPS) is 10.4. The number of aromatic nitrogens is 2. The lowest BCUT2D eigenvalue weighted by Crippen LogP contribution is -2.26. The number of carbonyl (C=O) groups is 1. The van der Waals surface area contributed by atoms with Crippen molar-refractivity contribution in [3.05, 3.63) is 53.9 Å². The SMILES string of the molecule is COc1ccccc1-c1nnc(CCNC(=O)c2c(OC)cccc2OC)o1. The molecule has 0 saturated heterocycles. The minimum atomic E-state index is -0.307. The quantitative estimate of drug-likeness (QED) is 0.639. The van der Waals surface area contributed by atoms with Gasteiger partial charge in [0.05, 0.1) is 26.9 Å². The highest BCUT2D eigenvalue weighted by Gasteiger charge is 2.18. The van der Waals surface area contributed by atoms with Crippen molar-refractivity contribution in [1.82, 2.24) is 15.5 Å². The van der Waals surface area contributed by atoms with Gasteiger partial charge in [0.2, 0.25) is 5.89 Å². The van der Waals surface area contributed by atoms with Crippen molar-refractivity contribution < 1.29 is 23.4 Å². The summed E-state index contributed by atoms with van der Waals surface area (Å²) in [5, 5.41) is 10.9. The Morgan fingerprint density at radius 3 is 2.25 bits per heavy atom. The van der Waals surface area contributed by atoms with Crippen molar-refractivity contribution in [1.29, 1.82) is 0 Å². The molecule has 2 aromatic carbocycles. The minimum Gasteiger partial charge on any atom is -0.496 e. The lowest BCUT2D eigenvalue weighted by Gasteiger charge is -2.12. The Kier molecular flexibility index (Phi) is 6.11. The Balaban J connectivity index is 1.65. The molecular formula is C20H21N3O5. The van der Waals surface area contributed by atoms with E-state index in [1.165, 1.54) is 14.2 Å².